The maximum absolute atomic E-state index is 13.2. The van der Waals surface area contributed by atoms with Crippen LogP contribution in [0.15, 0.2) is 84.5 Å². The van der Waals surface area contributed by atoms with Crippen LogP contribution in [0, 0.1) is 5.92 Å². The molecule has 1 aliphatic rings. The summed E-state index contributed by atoms with van der Waals surface area (Å²) in [7, 11) is 0. The highest BCUT2D eigenvalue weighted by Crippen LogP contribution is 2.65. The lowest BCUT2D eigenvalue weighted by molar-refractivity contribution is -0.117. The van der Waals surface area contributed by atoms with Gasteiger partial charge in [-0.05, 0) is 79.1 Å². The van der Waals surface area contributed by atoms with E-state index in [-0.39, 0.29) is 35.1 Å². The average Bonchev–Trinajstić information content (AvgIpc) is 3.51. The minimum atomic E-state index is -1.34. The van der Waals surface area contributed by atoms with E-state index in [0.717, 1.165) is 11.1 Å². The number of Topliss-reactive ketones (excluding diaryl/α,β-unsaturated/α-hetero) is 1. The number of anilines is 2. The van der Waals surface area contributed by atoms with Crippen LogP contribution >= 0.6 is 58.0 Å². The van der Waals surface area contributed by atoms with Crippen LogP contribution in [-0.4, -0.2) is 21.9 Å². The molecular weight excluding hydrogens is 638 g/mol. The third-order valence-electron chi connectivity index (χ3n) is 6.83. The van der Waals surface area contributed by atoms with Crippen molar-refractivity contribution in [3.8, 4) is 0 Å². The van der Waals surface area contributed by atoms with Gasteiger partial charge in [0.1, 0.15) is 4.33 Å². The second-order valence-electron chi connectivity index (χ2n) is 9.90. The summed E-state index contributed by atoms with van der Waals surface area (Å²) < 4.78 is -1.34. The molecule has 10 heteroatoms. The molecule has 0 spiro atoms. The lowest BCUT2D eigenvalue weighted by Crippen LogP contribution is -2.17. The van der Waals surface area contributed by atoms with Crippen LogP contribution in [0.4, 0.5) is 11.4 Å². The second-order valence-corrected chi connectivity index (χ2v) is 12.6. The minimum Gasteiger partial charge on any atom is -0.326 e. The van der Waals surface area contributed by atoms with Gasteiger partial charge in [-0.15, -0.1) is 23.2 Å². The molecule has 218 valence electrons. The van der Waals surface area contributed by atoms with Crippen LogP contribution in [0.1, 0.15) is 47.7 Å². The number of hydrogen-bond acceptors (Lipinski definition) is 3. The molecule has 42 heavy (non-hydrogen) atoms. The summed E-state index contributed by atoms with van der Waals surface area (Å²) in [5.41, 5.74) is 3.57. The molecule has 0 aliphatic heterocycles. The lowest BCUT2D eigenvalue weighted by atomic mass is 10.0. The van der Waals surface area contributed by atoms with Crippen LogP contribution in [0.2, 0.25) is 15.1 Å². The Morgan fingerprint density at radius 2 is 1.50 bits per heavy atom. The first-order valence-electron chi connectivity index (χ1n) is 13.1. The molecule has 4 rings (SSSR count). The van der Waals surface area contributed by atoms with Crippen LogP contribution in [-0.2, 0) is 16.0 Å². The molecule has 2 amide bonds. The van der Waals surface area contributed by atoms with Gasteiger partial charge in [-0.1, -0.05) is 65.2 Å². The van der Waals surface area contributed by atoms with Crippen molar-refractivity contribution in [3.05, 3.63) is 116 Å². The Balaban J connectivity index is 1.40. The number of rotatable bonds is 10. The number of allylic oxidation sites excluding steroid dienone is 3. The molecule has 0 heterocycles. The van der Waals surface area contributed by atoms with Gasteiger partial charge in [-0.3, -0.25) is 14.4 Å². The molecule has 2 unspecified atom stereocenters. The monoisotopic (exact) mass is 662 g/mol. The number of amides is 2. The third kappa shape index (κ3) is 7.77. The number of benzene rings is 3. The Hall–Kier alpha value is -2.80. The molecule has 3 aromatic rings. The highest BCUT2D eigenvalue weighted by Gasteiger charge is 2.67. The zero-order valence-corrected chi connectivity index (χ0v) is 26.5. The smallest absolute Gasteiger partial charge is 0.231 e. The molecule has 0 saturated heterocycles. The standard InChI is InChI=1S/C32H27Cl5N2O3/c1-3-5-18(4-2)13-28(41)38-23-8-6-19(7-9-23)12-27(40)25-17-24(10-11-26(25)35)39-31(42)30-29(32(30,36)37)20-14-21(33)16-22(34)15-20/h3-11,14-17,29-30H,12-13H2,1-2H3,(H,38,41)(H,39,42)/b5-3-,18-4+. The SMILES string of the molecule is C/C=C\C(=C/C)CC(=O)Nc1ccc(CC(=O)c2cc(NC(=O)C3C(c4cc(Cl)cc(Cl)c4)C3(Cl)Cl)ccc2Cl)cc1. The van der Waals surface area contributed by atoms with Crippen molar-refractivity contribution in [2.75, 3.05) is 10.6 Å². The van der Waals surface area contributed by atoms with E-state index in [1.807, 2.05) is 32.1 Å². The van der Waals surface area contributed by atoms with E-state index < -0.39 is 22.1 Å². The summed E-state index contributed by atoms with van der Waals surface area (Å²) in [5.74, 6) is -2.04. The zero-order chi connectivity index (χ0) is 30.6. The van der Waals surface area contributed by atoms with E-state index in [1.165, 1.54) is 6.07 Å². The van der Waals surface area contributed by atoms with E-state index in [4.69, 9.17) is 58.0 Å². The maximum atomic E-state index is 13.2. The summed E-state index contributed by atoms with van der Waals surface area (Å²) in [6.07, 6.45) is 6.00. The van der Waals surface area contributed by atoms with Crippen molar-refractivity contribution in [3.63, 3.8) is 0 Å². The number of carbonyl (C=O) groups is 3. The molecule has 0 bridgehead atoms. The fourth-order valence-corrected chi connectivity index (χ4v) is 6.30. The number of hydrogen-bond donors (Lipinski definition) is 2. The molecule has 1 fully saturated rings. The van der Waals surface area contributed by atoms with Gasteiger partial charge < -0.3 is 10.6 Å². The quantitative estimate of drug-likeness (QED) is 0.129. The van der Waals surface area contributed by atoms with E-state index in [9.17, 15) is 14.4 Å². The molecular formula is C32H27Cl5N2O3. The summed E-state index contributed by atoms with van der Waals surface area (Å²) >= 11 is 31.5. The fourth-order valence-electron chi connectivity index (χ4n) is 4.71. The van der Waals surface area contributed by atoms with Gasteiger partial charge in [0.2, 0.25) is 11.8 Å². The molecule has 2 N–H and O–H groups in total. The molecule has 1 saturated carbocycles. The van der Waals surface area contributed by atoms with Crippen molar-refractivity contribution in [2.45, 2.75) is 36.9 Å². The summed E-state index contributed by atoms with van der Waals surface area (Å²) in [6, 6.07) is 16.6. The molecule has 0 aromatic heterocycles. The predicted molar refractivity (Wildman–Crippen MR) is 174 cm³/mol. The molecule has 2 atom stereocenters. The van der Waals surface area contributed by atoms with Gasteiger partial charge >= 0.3 is 0 Å². The molecule has 3 aromatic carbocycles. The zero-order valence-electron chi connectivity index (χ0n) is 22.7. The number of nitrogens with one attached hydrogen (secondary N) is 2. The average molecular weight is 665 g/mol. The largest absolute Gasteiger partial charge is 0.326 e. The van der Waals surface area contributed by atoms with Gasteiger partial charge in [0.25, 0.3) is 0 Å². The molecule has 0 radical (unpaired) electrons. The van der Waals surface area contributed by atoms with Crippen LogP contribution in [0.25, 0.3) is 0 Å². The van der Waals surface area contributed by atoms with Crippen molar-refractivity contribution in [2.24, 2.45) is 5.92 Å². The van der Waals surface area contributed by atoms with Crippen LogP contribution in [0.3, 0.4) is 0 Å². The molecule has 1 aliphatic carbocycles. The van der Waals surface area contributed by atoms with Crippen LogP contribution < -0.4 is 10.6 Å². The highest BCUT2D eigenvalue weighted by atomic mass is 35.5. The van der Waals surface area contributed by atoms with Crippen molar-refractivity contribution < 1.29 is 14.4 Å². The fraction of sp³-hybridized carbons (Fsp3) is 0.219. The summed E-state index contributed by atoms with van der Waals surface area (Å²) in [5, 5.41) is 6.73. The Labute approximate surface area is 269 Å². The van der Waals surface area contributed by atoms with Gasteiger partial charge in [-0.2, -0.15) is 0 Å². The van der Waals surface area contributed by atoms with E-state index >= 15 is 0 Å². The minimum absolute atomic E-state index is 0.0715. The Morgan fingerprint density at radius 3 is 2.12 bits per heavy atom. The number of carbonyl (C=O) groups excluding carboxylic acids is 3. The third-order valence-corrected chi connectivity index (χ3v) is 8.54. The first-order valence-corrected chi connectivity index (χ1v) is 15.0. The van der Waals surface area contributed by atoms with Crippen molar-refractivity contribution in [1.82, 2.24) is 0 Å². The summed E-state index contributed by atoms with van der Waals surface area (Å²) in [6.45, 7) is 3.78. The van der Waals surface area contributed by atoms with Crippen LogP contribution in [0.5, 0.6) is 0 Å². The first kappa shape index (κ1) is 32.1. The highest BCUT2D eigenvalue weighted by molar-refractivity contribution is 6.53. The topological polar surface area (TPSA) is 75.3 Å². The van der Waals surface area contributed by atoms with Gasteiger partial charge in [0.15, 0.2) is 5.78 Å². The number of alkyl halides is 2. The Bertz CT molecular complexity index is 1560. The predicted octanol–water partition coefficient (Wildman–Crippen LogP) is 9.45. The Morgan fingerprint density at radius 1 is 0.857 bits per heavy atom. The van der Waals surface area contributed by atoms with E-state index in [2.05, 4.69) is 10.6 Å². The number of ketones is 1. The van der Waals surface area contributed by atoms with Gasteiger partial charge in [0.05, 0.1) is 17.4 Å². The normalized spacial score (nSPS) is 17.6. The number of halogens is 5. The second kappa shape index (κ2) is 13.7. The van der Waals surface area contributed by atoms with Gasteiger partial charge in [0, 0.05) is 39.3 Å². The first-order chi connectivity index (χ1) is 19.9. The Kier molecular flexibility index (Phi) is 10.4. The van der Waals surface area contributed by atoms with Gasteiger partial charge in [-0.25, -0.2) is 0 Å². The van der Waals surface area contributed by atoms with E-state index in [1.54, 1.807) is 54.6 Å². The maximum Gasteiger partial charge on any atom is 0.231 e. The van der Waals surface area contributed by atoms with Crippen molar-refractivity contribution >= 4 is 87.0 Å². The summed E-state index contributed by atoms with van der Waals surface area (Å²) in [4.78, 5) is 38.6. The molecule has 5 nitrogen and oxygen atoms in total. The lowest BCUT2D eigenvalue weighted by Gasteiger charge is -2.10. The van der Waals surface area contributed by atoms with Crippen molar-refractivity contribution in [1.29, 1.82) is 0 Å². The van der Waals surface area contributed by atoms with E-state index in [0.29, 0.717) is 27.0 Å².